The van der Waals surface area contributed by atoms with Crippen molar-refractivity contribution in [3.05, 3.63) is 24.3 Å². The van der Waals surface area contributed by atoms with Gasteiger partial charge in [0.15, 0.2) is 9.84 Å². The third-order valence-electron chi connectivity index (χ3n) is 5.05. The highest BCUT2D eigenvalue weighted by Crippen LogP contribution is 2.38. The first kappa shape index (κ1) is 16.9. The summed E-state index contributed by atoms with van der Waals surface area (Å²) in [4.78, 5) is 0.335. The number of sulfone groups is 1. The monoisotopic (exact) mass is 357 g/mol. The van der Waals surface area contributed by atoms with Crippen LogP contribution in [0.2, 0.25) is 0 Å². The van der Waals surface area contributed by atoms with Crippen LogP contribution in [0.3, 0.4) is 0 Å². The molecule has 0 bridgehead atoms. The van der Waals surface area contributed by atoms with Gasteiger partial charge in [0.1, 0.15) is 0 Å². The molecule has 5 nitrogen and oxygen atoms in total. The SMILES string of the molecule is CS(=O)(=O)c1ccc(S(=O)(=O)N2CCCC3CCCCC32)cc1. The van der Waals surface area contributed by atoms with Gasteiger partial charge >= 0.3 is 0 Å². The summed E-state index contributed by atoms with van der Waals surface area (Å²) in [6.07, 6.45) is 7.46. The van der Waals surface area contributed by atoms with Crippen LogP contribution in [0.5, 0.6) is 0 Å². The fourth-order valence-electron chi connectivity index (χ4n) is 3.87. The van der Waals surface area contributed by atoms with Gasteiger partial charge in [-0.1, -0.05) is 12.8 Å². The first-order chi connectivity index (χ1) is 10.8. The third kappa shape index (κ3) is 3.32. The Labute approximate surface area is 138 Å². The van der Waals surface area contributed by atoms with Crippen molar-refractivity contribution in [3.8, 4) is 0 Å². The van der Waals surface area contributed by atoms with Gasteiger partial charge in [0.2, 0.25) is 10.0 Å². The van der Waals surface area contributed by atoms with E-state index in [2.05, 4.69) is 0 Å². The first-order valence-electron chi connectivity index (χ1n) is 8.12. The van der Waals surface area contributed by atoms with Crippen molar-refractivity contribution in [1.82, 2.24) is 4.31 Å². The van der Waals surface area contributed by atoms with Gasteiger partial charge in [-0.25, -0.2) is 16.8 Å². The Bertz CT molecular complexity index is 767. The molecule has 1 aromatic carbocycles. The van der Waals surface area contributed by atoms with Crippen molar-refractivity contribution >= 4 is 19.9 Å². The van der Waals surface area contributed by atoms with Crippen molar-refractivity contribution in [3.63, 3.8) is 0 Å². The molecular formula is C16H23NO4S2. The van der Waals surface area contributed by atoms with Gasteiger partial charge in [-0.15, -0.1) is 0 Å². The molecule has 3 rings (SSSR count). The molecule has 128 valence electrons. The van der Waals surface area contributed by atoms with Crippen LogP contribution >= 0.6 is 0 Å². The fraction of sp³-hybridized carbons (Fsp3) is 0.625. The molecule has 23 heavy (non-hydrogen) atoms. The van der Waals surface area contributed by atoms with Crippen LogP contribution in [-0.4, -0.2) is 40.0 Å². The molecule has 0 aromatic heterocycles. The lowest BCUT2D eigenvalue weighted by Gasteiger charge is -2.43. The molecule has 1 saturated carbocycles. The number of fused-ring (bicyclic) bond motifs is 1. The normalized spacial score (nSPS) is 26.7. The van der Waals surface area contributed by atoms with E-state index in [4.69, 9.17) is 0 Å². The summed E-state index contributed by atoms with van der Waals surface area (Å²) in [5.41, 5.74) is 0. The molecule has 1 aliphatic carbocycles. The van der Waals surface area contributed by atoms with Crippen molar-refractivity contribution in [2.24, 2.45) is 5.92 Å². The average Bonchev–Trinajstić information content (AvgIpc) is 2.53. The van der Waals surface area contributed by atoms with Crippen molar-refractivity contribution in [1.29, 1.82) is 0 Å². The van der Waals surface area contributed by atoms with E-state index in [1.807, 2.05) is 0 Å². The Balaban J connectivity index is 1.91. The molecule has 0 spiro atoms. The molecule has 1 aliphatic heterocycles. The maximum Gasteiger partial charge on any atom is 0.243 e. The molecule has 2 aliphatic rings. The maximum atomic E-state index is 13.0. The number of nitrogens with zero attached hydrogens (tertiary/aromatic N) is 1. The smallest absolute Gasteiger partial charge is 0.224 e. The molecule has 1 heterocycles. The second kappa shape index (κ2) is 6.18. The van der Waals surface area contributed by atoms with Crippen LogP contribution in [0.1, 0.15) is 38.5 Å². The van der Waals surface area contributed by atoms with Gasteiger partial charge in [-0.05, 0) is 55.9 Å². The van der Waals surface area contributed by atoms with Gasteiger partial charge in [-0.2, -0.15) is 4.31 Å². The highest BCUT2D eigenvalue weighted by Gasteiger charge is 2.39. The Morgan fingerprint density at radius 3 is 2.09 bits per heavy atom. The van der Waals surface area contributed by atoms with Gasteiger partial charge < -0.3 is 0 Å². The molecule has 0 radical (unpaired) electrons. The minimum Gasteiger partial charge on any atom is -0.224 e. The Morgan fingerprint density at radius 1 is 0.870 bits per heavy atom. The number of hydrogen-bond donors (Lipinski definition) is 0. The standard InChI is InChI=1S/C16H23NO4S2/c1-22(18,19)14-8-10-15(11-9-14)23(20,21)17-12-4-6-13-5-2-3-7-16(13)17/h8-11,13,16H,2-7,12H2,1H3. The number of sulfonamides is 1. The van der Waals surface area contributed by atoms with E-state index in [1.54, 1.807) is 4.31 Å². The summed E-state index contributed by atoms with van der Waals surface area (Å²) >= 11 is 0. The molecule has 0 N–H and O–H groups in total. The van der Waals surface area contributed by atoms with E-state index in [0.717, 1.165) is 38.4 Å². The molecule has 1 saturated heterocycles. The zero-order chi connectivity index (χ0) is 16.7. The number of benzene rings is 1. The Hall–Kier alpha value is -0.920. The molecular weight excluding hydrogens is 334 g/mol. The Kier molecular flexibility index (Phi) is 4.55. The lowest BCUT2D eigenvalue weighted by molar-refractivity contribution is 0.129. The summed E-state index contributed by atoms with van der Waals surface area (Å²) in [7, 11) is -6.87. The van der Waals surface area contributed by atoms with Crippen molar-refractivity contribution < 1.29 is 16.8 Å². The largest absolute Gasteiger partial charge is 0.243 e. The van der Waals surface area contributed by atoms with Crippen LogP contribution < -0.4 is 0 Å². The predicted molar refractivity (Wildman–Crippen MR) is 88.4 cm³/mol. The van der Waals surface area contributed by atoms with Crippen LogP contribution in [0.25, 0.3) is 0 Å². The highest BCUT2D eigenvalue weighted by molar-refractivity contribution is 7.90. The van der Waals surface area contributed by atoms with Crippen LogP contribution in [-0.2, 0) is 19.9 Å². The van der Waals surface area contributed by atoms with E-state index < -0.39 is 19.9 Å². The third-order valence-corrected chi connectivity index (χ3v) is 8.12. The minimum absolute atomic E-state index is 0.108. The van der Waals surface area contributed by atoms with Gasteiger partial charge in [-0.3, -0.25) is 0 Å². The fourth-order valence-corrected chi connectivity index (χ4v) is 6.26. The summed E-state index contributed by atoms with van der Waals surface area (Å²) in [6.45, 7) is 0.567. The second-order valence-electron chi connectivity index (χ2n) is 6.61. The van der Waals surface area contributed by atoms with E-state index in [-0.39, 0.29) is 15.8 Å². The summed E-state index contributed by atoms with van der Waals surface area (Å²) in [5, 5.41) is 0. The van der Waals surface area contributed by atoms with Gasteiger partial charge in [0.25, 0.3) is 0 Å². The minimum atomic E-state index is -3.56. The van der Waals surface area contributed by atoms with Gasteiger partial charge in [0, 0.05) is 18.8 Å². The average molecular weight is 357 g/mol. The number of rotatable bonds is 3. The molecule has 2 fully saturated rings. The zero-order valence-corrected chi connectivity index (χ0v) is 14.9. The predicted octanol–water partition coefficient (Wildman–Crippen LogP) is 2.43. The van der Waals surface area contributed by atoms with Crippen LogP contribution in [0, 0.1) is 5.92 Å². The van der Waals surface area contributed by atoms with Gasteiger partial charge in [0.05, 0.1) is 9.79 Å². The van der Waals surface area contributed by atoms with Crippen LogP contribution in [0.4, 0.5) is 0 Å². The topological polar surface area (TPSA) is 71.5 Å². The molecule has 2 unspecified atom stereocenters. The number of hydrogen-bond acceptors (Lipinski definition) is 4. The second-order valence-corrected chi connectivity index (χ2v) is 10.5. The lowest BCUT2D eigenvalue weighted by atomic mass is 9.79. The van der Waals surface area contributed by atoms with E-state index in [9.17, 15) is 16.8 Å². The van der Waals surface area contributed by atoms with E-state index in [1.165, 1.54) is 30.7 Å². The summed E-state index contributed by atoms with van der Waals surface area (Å²) in [6, 6.07) is 5.70. The van der Waals surface area contributed by atoms with E-state index >= 15 is 0 Å². The first-order valence-corrected chi connectivity index (χ1v) is 11.5. The molecule has 2 atom stereocenters. The molecule has 7 heteroatoms. The Morgan fingerprint density at radius 2 is 1.43 bits per heavy atom. The summed E-state index contributed by atoms with van der Waals surface area (Å²) < 4.78 is 50.7. The molecule has 1 aromatic rings. The van der Waals surface area contributed by atoms with E-state index in [0.29, 0.717) is 12.5 Å². The quantitative estimate of drug-likeness (QED) is 0.833. The van der Waals surface area contributed by atoms with Crippen molar-refractivity contribution in [2.75, 3.05) is 12.8 Å². The number of piperidine rings is 1. The van der Waals surface area contributed by atoms with Crippen molar-refractivity contribution in [2.45, 2.75) is 54.4 Å². The molecule has 0 amide bonds. The van der Waals surface area contributed by atoms with Crippen LogP contribution in [0.15, 0.2) is 34.1 Å². The summed E-state index contributed by atoms with van der Waals surface area (Å²) in [5.74, 6) is 0.475. The highest BCUT2D eigenvalue weighted by atomic mass is 32.2. The zero-order valence-electron chi connectivity index (χ0n) is 13.3. The maximum absolute atomic E-state index is 13.0. The lowest BCUT2D eigenvalue weighted by Crippen LogP contribution is -2.49.